The highest BCUT2D eigenvalue weighted by atomic mass is 31.2. The quantitative estimate of drug-likeness (QED) is 0.478. The Labute approximate surface area is 143 Å². The van der Waals surface area contributed by atoms with Crippen molar-refractivity contribution in [2.45, 2.75) is 33.3 Å². The molecule has 0 amide bonds. The van der Waals surface area contributed by atoms with Crippen LogP contribution in [0.1, 0.15) is 27.7 Å². The summed E-state index contributed by atoms with van der Waals surface area (Å²) < 4.78 is 53.4. The minimum Gasteiger partial charge on any atom is -0.465 e. The largest absolute Gasteiger partial charge is 0.465 e. The maximum Gasteiger partial charge on any atom is 0.383 e. The van der Waals surface area contributed by atoms with Gasteiger partial charge in [-0.25, -0.2) is 0 Å². The molecule has 0 atom stereocenters. The van der Waals surface area contributed by atoms with E-state index in [2.05, 4.69) is 0 Å². The first-order valence-electron chi connectivity index (χ1n) is 7.95. The van der Waals surface area contributed by atoms with Gasteiger partial charge in [-0.15, -0.1) is 0 Å². The highest BCUT2D eigenvalue weighted by molar-refractivity contribution is 7.72. The van der Waals surface area contributed by atoms with Gasteiger partial charge < -0.3 is 22.8 Å². The molecule has 0 aliphatic carbocycles. The number of rotatable bonds is 12. The summed E-state index contributed by atoms with van der Waals surface area (Å²) in [5, 5.41) is 0. The van der Waals surface area contributed by atoms with Crippen LogP contribution in [-0.4, -0.2) is 32.0 Å². The van der Waals surface area contributed by atoms with Crippen molar-refractivity contribution >= 4 is 15.2 Å². The fourth-order valence-electron chi connectivity index (χ4n) is 1.97. The van der Waals surface area contributed by atoms with Crippen molar-refractivity contribution in [2.24, 2.45) is 0 Å². The molecule has 0 spiro atoms. The zero-order chi connectivity index (χ0) is 18.1. The van der Waals surface area contributed by atoms with Crippen LogP contribution in [0, 0.1) is 0 Å². The molecule has 0 heterocycles. The summed E-state index contributed by atoms with van der Waals surface area (Å²) in [5.41, 5.74) is -1.51. The van der Waals surface area contributed by atoms with E-state index in [1.165, 1.54) is 0 Å². The third-order valence-corrected chi connectivity index (χ3v) is 8.22. The lowest BCUT2D eigenvalue weighted by atomic mass is 10.3. The van der Waals surface area contributed by atoms with E-state index >= 15 is 0 Å². The Morgan fingerprint density at radius 3 is 1.46 bits per heavy atom. The molecule has 0 saturated carbocycles. The van der Waals surface area contributed by atoms with Gasteiger partial charge in [0, 0.05) is 0 Å². The summed E-state index contributed by atoms with van der Waals surface area (Å²) in [4.78, 5) is 0. The number of hydrogen-bond donors (Lipinski definition) is 0. The van der Waals surface area contributed by atoms with Crippen molar-refractivity contribution in [2.75, 3.05) is 26.4 Å². The highest BCUT2D eigenvalue weighted by Gasteiger charge is 2.53. The summed E-state index contributed by atoms with van der Waals surface area (Å²) >= 11 is 0. The van der Waals surface area contributed by atoms with Gasteiger partial charge in [-0.2, -0.15) is 0 Å². The van der Waals surface area contributed by atoms with Gasteiger partial charge in [0.15, 0.2) is 0 Å². The predicted molar refractivity (Wildman–Crippen MR) is 92.6 cm³/mol. The maximum absolute atomic E-state index is 13.2. The van der Waals surface area contributed by atoms with Crippen LogP contribution in [-0.2, 0) is 27.2 Å². The SMILES string of the molecule is CCOP(=O)(OCC)C(Oc1ccccc1)P(=O)(OCC)OCC. The van der Waals surface area contributed by atoms with Crippen molar-refractivity contribution in [1.82, 2.24) is 0 Å². The van der Waals surface area contributed by atoms with Crippen LogP contribution in [0.3, 0.4) is 0 Å². The smallest absolute Gasteiger partial charge is 0.383 e. The van der Waals surface area contributed by atoms with E-state index in [0.717, 1.165) is 0 Å². The predicted octanol–water partition coefficient (Wildman–Crippen LogP) is 4.88. The minimum absolute atomic E-state index is 0.101. The van der Waals surface area contributed by atoms with Crippen molar-refractivity contribution < 1.29 is 32.0 Å². The maximum atomic E-state index is 13.2. The van der Waals surface area contributed by atoms with Crippen molar-refractivity contribution in [3.63, 3.8) is 0 Å². The topological polar surface area (TPSA) is 80.3 Å². The summed E-state index contributed by atoms with van der Waals surface area (Å²) in [6.07, 6.45) is 0. The molecule has 9 heteroatoms. The zero-order valence-electron chi connectivity index (χ0n) is 14.5. The minimum atomic E-state index is -3.91. The molecule has 7 nitrogen and oxygen atoms in total. The summed E-state index contributed by atoms with van der Waals surface area (Å²) in [7, 11) is -7.82. The van der Waals surface area contributed by atoms with Gasteiger partial charge in [0.1, 0.15) is 5.75 Å². The van der Waals surface area contributed by atoms with Gasteiger partial charge >= 0.3 is 15.2 Å². The van der Waals surface area contributed by atoms with E-state index in [9.17, 15) is 9.13 Å². The number of para-hydroxylation sites is 1. The molecule has 24 heavy (non-hydrogen) atoms. The molecule has 1 rings (SSSR count). The molecule has 0 unspecified atom stereocenters. The van der Waals surface area contributed by atoms with Crippen LogP contribution in [0.2, 0.25) is 0 Å². The van der Waals surface area contributed by atoms with E-state index in [-0.39, 0.29) is 26.4 Å². The molecule has 0 aliphatic heterocycles. The number of ether oxygens (including phenoxy) is 1. The molecule has 0 aromatic heterocycles. The van der Waals surface area contributed by atoms with E-state index in [1.807, 2.05) is 0 Å². The van der Waals surface area contributed by atoms with Crippen molar-refractivity contribution in [1.29, 1.82) is 0 Å². The molecule has 0 bridgehead atoms. The van der Waals surface area contributed by atoms with E-state index in [0.29, 0.717) is 5.75 Å². The molecule has 0 radical (unpaired) electrons. The van der Waals surface area contributed by atoms with Crippen LogP contribution in [0.25, 0.3) is 0 Å². The number of hydrogen-bond acceptors (Lipinski definition) is 7. The normalized spacial score (nSPS) is 12.5. The van der Waals surface area contributed by atoms with Gasteiger partial charge in [-0.3, -0.25) is 9.13 Å². The summed E-state index contributed by atoms with van der Waals surface area (Å²) in [6.45, 7) is 7.06. The van der Waals surface area contributed by atoms with E-state index in [4.69, 9.17) is 22.8 Å². The standard InChI is InChI=1S/C15H26O7P2/c1-5-18-23(16,19-6-2)15(22-14-12-10-9-11-13-14)24(17,20-7-3)21-8-4/h9-13,15H,5-8H2,1-4H3. The average Bonchev–Trinajstić information content (AvgIpc) is 2.54. The number of benzene rings is 1. The van der Waals surface area contributed by atoms with Crippen LogP contribution in [0.5, 0.6) is 5.75 Å². The first-order valence-corrected chi connectivity index (χ1v) is 11.2. The van der Waals surface area contributed by atoms with Gasteiger partial charge in [-0.1, -0.05) is 18.2 Å². The van der Waals surface area contributed by atoms with Crippen molar-refractivity contribution in [3.05, 3.63) is 30.3 Å². The second kappa shape index (κ2) is 10.3. The van der Waals surface area contributed by atoms with Crippen LogP contribution >= 0.6 is 15.2 Å². The molecular formula is C15H26O7P2. The summed E-state index contributed by atoms with van der Waals surface area (Å²) in [5.74, 6) is 0.363. The molecule has 0 aliphatic rings. The fourth-order valence-corrected chi connectivity index (χ4v) is 6.76. The second-order valence-corrected chi connectivity index (χ2v) is 9.05. The Morgan fingerprint density at radius 1 is 0.750 bits per heavy atom. The first kappa shape index (κ1) is 21.4. The molecule has 1 aromatic rings. The van der Waals surface area contributed by atoms with Crippen LogP contribution in [0.15, 0.2) is 30.3 Å². The lowest BCUT2D eigenvalue weighted by Crippen LogP contribution is -2.23. The Hall–Kier alpha value is -0.680. The van der Waals surface area contributed by atoms with Gasteiger partial charge in [0.05, 0.1) is 26.4 Å². The lowest BCUT2D eigenvalue weighted by Gasteiger charge is -2.31. The van der Waals surface area contributed by atoms with Crippen LogP contribution < -0.4 is 4.74 Å². The molecule has 138 valence electrons. The molecule has 1 aromatic carbocycles. The van der Waals surface area contributed by atoms with Gasteiger partial charge in [0.25, 0.3) is 5.59 Å². The third kappa shape index (κ3) is 5.69. The average molecular weight is 380 g/mol. The van der Waals surface area contributed by atoms with Gasteiger partial charge in [0.2, 0.25) is 0 Å². The molecule has 0 saturated heterocycles. The van der Waals surface area contributed by atoms with Crippen LogP contribution in [0.4, 0.5) is 0 Å². The third-order valence-electron chi connectivity index (χ3n) is 2.76. The van der Waals surface area contributed by atoms with Crippen molar-refractivity contribution in [3.8, 4) is 5.75 Å². The second-order valence-electron chi connectivity index (χ2n) is 4.51. The fraction of sp³-hybridized carbons (Fsp3) is 0.600. The Morgan fingerprint density at radius 2 is 1.12 bits per heavy atom. The van der Waals surface area contributed by atoms with Gasteiger partial charge in [-0.05, 0) is 39.8 Å². The first-order chi connectivity index (χ1) is 11.5. The Balaban J connectivity index is 3.32. The highest BCUT2D eigenvalue weighted by Crippen LogP contribution is 2.70. The Bertz CT molecular complexity index is 514. The lowest BCUT2D eigenvalue weighted by molar-refractivity contribution is 0.150. The Kier molecular flexibility index (Phi) is 9.21. The van der Waals surface area contributed by atoms with E-state index < -0.39 is 20.8 Å². The molecule has 0 N–H and O–H groups in total. The molecular weight excluding hydrogens is 354 g/mol. The van der Waals surface area contributed by atoms with E-state index in [1.54, 1.807) is 58.0 Å². The monoisotopic (exact) mass is 380 g/mol. The molecule has 0 fully saturated rings. The zero-order valence-corrected chi connectivity index (χ0v) is 16.3. The summed E-state index contributed by atoms with van der Waals surface area (Å²) in [6, 6.07) is 8.59.